The van der Waals surface area contributed by atoms with Crippen LogP contribution in [0.15, 0.2) is 42.5 Å². The van der Waals surface area contributed by atoms with Crippen molar-refractivity contribution in [2.75, 3.05) is 6.54 Å². The lowest BCUT2D eigenvalue weighted by Gasteiger charge is -2.12. The minimum atomic E-state index is -0.127. The number of benzene rings is 2. The maximum absolute atomic E-state index is 12.3. The molecule has 3 rings (SSSR count). The van der Waals surface area contributed by atoms with Crippen molar-refractivity contribution in [2.24, 2.45) is 0 Å². The molecule has 2 amide bonds. The van der Waals surface area contributed by atoms with Gasteiger partial charge in [0.15, 0.2) is 0 Å². The fourth-order valence-electron chi connectivity index (χ4n) is 2.39. The summed E-state index contributed by atoms with van der Waals surface area (Å²) in [5.74, 6) is -0.137. The molecule has 2 aromatic carbocycles. The Hall–Kier alpha value is -2.36. The van der Waals surface area contributed by atoms with Crippen LogP contribution in [0.4, 0.5) is 0 Å². The number of carbonyl (C=O) groups excluding carboxylic acids is 2. The van der Waals surface area contributed by atoms with Crippen LogP contribution in [0.1, 0.15) is 16.8 Å². The maximum Gasteiger partial charge on any atom is 0.252 e. The van der Waals surface area contributed by atoms with Crippen LogP contribution < -0.4 is 10.6 Å². The third-order valence-electron chi connectivity index (χ3n) is 3.35. The van der Waals surface area contributed by atoms with Crippen LogP contribution in [0, 0.1) is 0 Å². The number of nitrogens with one attached hydrogen (secondary N) is 2. The first kappa shape index (κ1) is 11.7. The zero-order chi connectivity index (χ0) is 13.2. The summed E-state index contributed by atoms with van der Waals surface area (Å²) in [6, 6.07) is 13.3. The predicted molar refractivity (Wildman–Crippen MR) is 72.8 cm³/mol. The quantitative estimate of drug-likeness (QED) is 0.852. The lowest BCUT2D eigenvalue weighted by molar-refractivity contribution is -0.119. The summed E-state index contributed by atoms with van der Waals surface area (Å²) >= 11 is 0. The summed E-state index contributed by atoms with van der Waals surface area (Å²) in [5, 5.41) is 7.57. The van der Waals surface area contributed by atoms with E-state index in [1.165, 1.54) is 0 Å². The Morgan fingerprint density at radius 1 is 1.16 bits per heavy atom. The largest absolute Gasteiger partial charge is 0.354 e. The molecule has 1 atom stereocenters. The molecular formula is C15H14N2O2. The molecule has 0 radical (unpaired) electrons. The highest BCUT2D eigenvalue weighted by Gasteiger charge is 2.23. The zero-order valence-corrected chi connectivity index (χ0v) is 10.3. The first-order chi connectivity index (χ1) is 9.24. The molecule has 96 valence electrons. The number of hydrogen-bond donors (Lipinski definition) is 2. The van der Waals surface area contributed by atoms with Gasteiger partial charge in [-0.05, 0) is 16.8 Å². The Balaban J connectivity index is 1.87. The van der Waals surface area contributed by atoms with E-state index < -0.39 is 0 Å². The topological polar surface area (TPSA) is 58.2 Å². The van der Waals surface area contributed by atoms with Gasteiger partial charge < -0.3 is 10.6 Å². The summed E-state index contributed by atoms with van der Waals surface area (Å²) in [6.07, 6.45) is 0.358. The van der Waals surface area contributed by atoms with Crippen LogP contribution in [0.25, 0.3) is 10.8 Å². The van der Waals surface area contributed by atoms with Gasteiger partial charge in [0, 0.05) is 18.5 Å². The second-order valence-electron chi connectivity index (χ2n) is 4.71. The summed E-state index contributed by atoms with van der Waals surface area (Å²) in [7, 11) is 0. The summed E-state index contributed by atoms with van der Waals surface area (Å²) in [5.41, 5.74) is 0.650. The Kier molecular flexibility index (Phi) is 2.91. The minimum absolute atomic E-state index is 0.0109. The molecule has 2 aromatic rings. The third kappa shape index (κ3) is 2.29. The SMILES string of the molecule is O=C1C[C@H](NC(=O)c2cccc3ccccc23)CN1. The van der Waals surface area contributed by atoms with Crippen LogP contribution in [-0.4, -0.2) is 24.4 Å². The third-order valence-corrected chi connectivity index (χ3v) is 3.35. The minimum Gasteiger partial charge on any atom is -0.354 e. The van der Waals surface area contributed by atoms with E-state index in [2.05, 4.69) is 10.6 Å². The molecule has 1 aliphatic rings. The Bertz CT molecular complexity index is 646. The van der Waals surface area contributed by atoms with Crippen molar-refractivity contribution >= 4 is 22.6 Å². The van der Waals surface area contributed by atoms with Crippen LogP contribution in [0.3, 0.4) is 0 Å². The molecule has 0 aromatic heterocycles. The smallest absolute Gasteiger partial charge is 0.252 e. The zero-order valence-electron chi connectivity index (χ0n) is 10.3. The summed E-state index contributed by atoms with van der Waals surface area (Å²) in [6.45, 7) is 0.509. The second-order valence-corrected chi connectivity index (χ2v) is 4.71. The molecule has 2 N–H and O–H groups in total. The molecule has 4 heteroatoms. The normalized spacial score (nSPS) is 18.3. The summed E-state index contributed by atoms with van der Waals surface area (Å²) < 4.78 is 0. The van der Waals surface area contributed by atoms with Gasteiger partial charge in [-0.15, -0.1) is 0 Å². The molecule has 0 bridgehead atoms. The van der Waals surface area contributed by atoms with Gasteiger partial charge >= 0.3 is 0 Å². The van der Waals surface area contributed by atoms with Crippen molar-refractivity contribution in [3.05, 3.63) is 48.0 Å². The van der Waals surface area contributed by atoms with Crippen LogP contribution >= 0.6 is 0 Å². The van der Waals surface area contributed by atoms with Gasteiger partial charge in [0.2, 0.25) is 5.91 Å². The highest BCUT2D eigenvalue weighted by molar-refractivity contribution is 6.07. The van der Waals surface area contributed by atoms with Crippen molar-refractivity contribution in [3.63, 3.8) is 0 Å². The highest BCUT2D eigenvalue weighted by atomic mass is 16.2. The number of fused-ring (bicyclic) bond motifs is 1. The Labute approximate surface area is 110 Å². The van der Waals surface area contributed by atoms with Gasteiger partial charge in [0.25, 0.3) is 5.91 Å². The maximum atomic E-state index is 12.3. The van der Waals surface area contributed by atoms with Crippen LogP contribution in [-0.2, 0) is 4.79 Å². The highest BCUT2D eigenvalue weighted by Crippen LogP contribution is 2.18. The first-order valence-corrected chi connectivity index (χ1v) is 6.29. The lowest BCUT2D eigenvalue weighted by Crippen LogP contribution is -2.36. The van der Waals surface area contributed by atoms with E-state index >= 15 is 0 Å². The van der Waals surface area contributed by atoms with Crippen molar-refractivity contribution in [1.82, 2.24) is 10.6 Å². The van der Waals surface area contributed by atoms with Gasteiger partial charge in [0.05, 0.1) is 6.04 Å². The van der Waals surface area contributed by atoms with E-state index in [-0.39, 0.29) is 17.9 Å². The molecular weight excluding hydrogens is 240 g/mol. The standard InChI is InChI=1S/C15H14N2O2/c18-14-8-11(9-16-14)17-15(19)13-7-3-5-10-4-1-2-6-12(10)13/h1-7,11H,8-9H2,(H,16,18)(H,17,19)/t11-/m0/s1. The molecule has 1 heterocycles. The fraction of sp³-hybridized carbons (Fsp3) is 0.200. The van der Waals surface area contributed by atoms with E-state index in [0.717, 1.165) is 10.8 Å². The van der Waals surface area contributed by atoms with E-state index in [1.807, 2.05) is 42.5 Å². The van der Waals surface area contributed by atoms with E-state index in [0.29, 0.717) is 18.5 Å². The predicted octanol–water partition coefficient (Wildman–Crippen LogP) is 1.46. The molecule has 0 saturated carbocycles. The first-order valence-electron chi connectivity index (χ1n) is 6.29. The van der Waals surface area contributed by atoms with E-state index in [9.17, 15) is 9.59 Å². The molecule has 0 unspecified atom stereocenters. The number of hydrogen-bond acceptors (Lipinski definition) is 2. The number of rotatable bonds is 2. The molecule has 19 heavy (non-hydrogen) atoms. The van der Waals surface area contributed by atoms with Crippen molar-refractivity contribution in [2.45, 2.75) is 12.5 Å². The van der Waals surface area contributed by atoms with Gasteiger partial charge in [-0.1, -0.05) is 36.4 Å². The number of amides is 2. The Morgan fingerprint density at radius 3 is 2.74 bits per heavy atom. The van der Waals surface area contributed by atoms with Crippen molar-refractivity contribution in [3.8, 4) is 0 Å². The van der Waals surface area contributed by atoms with Gasteiger partial charge in [-0.2, -0.15) is 0 Å². The molecule has 4 nitrogen and oxygen atoms in total. The van der Waals surface area contributed by atoms with Crippen LogP contribution in [0.2, 0.25) is 0 Å². The second kappa shape index (κ2) is 4.72. The fourth-order valence-corrected chi connectivity index (χ4v) is 2.39. The lowest BCUT2D eigenvalue weighted by atomic mass is 10.0. The number of carbonyl (C=O) groups is 2. The molecule has 0 aliphatic carbocycles. The van der Waals surface area contributed by atoms with Gasteiger partial charge in [-0.3, -0.25) is 9.59 Å². The van der Waals surface area contributed by atoms with Crippen LogP contribution in [0.5, 0.6) is 0 Å². The van der Waals surface area contributed by atoms with E-state index in [1.54, 1.807) is 0 Å². The monoisotopic (exact) mass is 254 g/mol. The van der Waals surface area contributed by atoms with Gasteiger partial charge in [0.1, 0.15) is 0 Å². The average molecular weight is 254 g/mol. The van der Waals surface area contributed by atoms with Crippen molar-refractivity contribution in [1.29, 1.82) is 0 Å². The molecule has 1 saturated heterocycles. The van der Waals surface area contributed by atoms with Crippen molar-refractivity contribution < 1.29 is 9.59 Å². The molecule has 1 aliphatic heterocycles. The molecule has 1 fully saturated rings. The average Bonchev–Trinajstić information content (AvgIpc) is 2.83. The van der Waals surface area contributed by atoms with E-state index in [4.69, 9.17) is 0 Å². The molecule has 0 spiro atoms. The summed E-state index contributed by atoms with van der Waals surface area (Å²) in [4.78, 5) is 23.4. The van der Waals surface area contributed by atoms with Gasteiger partial charge in [-0.25, -0.2) is 0 Å². The Morgan fingerprint density at radius 2 is 1.95 bits per heavy atom.